The fourth-order valence-electron chi connectivity index (χ4n) is 1.33. The number of alkyl halides is 3. The summed E-state index contributed by atoms with van der Waals surface area (Å²) in [5, 5.41) is 20.4. The Morgan fingerprint density at radius 1 is 1.28 bits per heavy atom. The number of phenolic OH excluding ortho intramolecular Hbond substituents is 1. The van der Waals surface area contributed by atoms with Gasteiger partial charge in [-0.15, -0.1) is 0 Å². The van der Waals surface area contributed by atoms with Crippen molar-refractivity contribution in [2.45, 2.75) is 25.2 Å². The number of hydrogen-bond acceptors (Lipinski definition) is 3. The van der Waals surface area contributed by atoms with Crippen molar-refractivity contribution >= 4 is 5.91 Å². The first-order chi connectivity index (χ1) is 8.21. The van der Waals surface area contributed by atoms with Crippen LogP contribution in [0.25, 0.3) is 0 Å². The van der Waals surface area contributed by atoms with Crippen molar-refractivity contribution < 1.29 is 28.2 Å². The standard InChI is InChI=1S/C11H12F3NO3/c1-6(15-10(18)11(12,13)14)9(17)7-2-4-8(16)5-3-7/h2-6,9,16-17H,1H3,(H,15,18)/t6-,9-/m0/s1. The Labute approximate surface area is 101 Å². The predicted molar refractivity (Wildman–Crippen MR) is 56.7 cm³/mol. The zero-order valence-electron chi connectivity index (χ0n) is 9.40. The third kappa shape index (κ3) is 3.63. The van der Waals surface area contributed by atoms with E-state index in [1.807, 2.05) is 0 Å². The van der Waals surface area contributed by atoms with Crippen LogP contribution < -0.4 is 5.32 Å². The van der Waals surface area contributed by atoms with Gasteiger partial charge in [0.05, 0.1) is 12.1 Å². The number of amides is 1. The minimum atomic E-state index is -4.98. The molecule has 0 aliphatic carbocycles. The van der Waals surface area contributed by atoms with Crippen molar-refractivity contribution in [1.29, 1.82) is 0 Å². The van der Waals surface area contributed by atoms with Crippen molar-refractivity contribution in [3.8, 4) is 5.75 Å². The van der Waals surface area contributed by atoms with Gasteiger partial charge < -0.3 is 15.5 Å². The molecule has 0 heterocycles. The number of aromatic hydroxyl groups is 1. The van der Waals surface area contributed by atoms with Gasteiger partial charge in [-0.3, -0.25) is 4.79 Å². The normalized spacial score (nSPS) is 14.9. The lowest BCUT2D eigenvalue weighted by molar-refractivity contribution is -0.175. The molecule has 0 aliphatic heterocycles. The van der Waals surface area contributed by atoms with E-state index in [0.717, 1.165) is 0 Å². The maximum atomic E-state index is 12.0. The Balaban J connectivity index is 2.70. The van der Waals surface area contributed by atoms with Crippen molar-refractivity contribution in [3.05, 3.63) is 29.8 Å². The number of carbonyl (C=O) groups is 1. The van der Waals surface area contributed by atoms with Crippen LogP contribution in [0.4, 0.5) is 13.2 Å². The number of aliphatic hydroxyl groups excluding tert-OH is 1. The van der Waals surface area contributed by atoms with Crippen LogP contribution in [0.3, 0.4) is 0 Å². The Hall–Kier alpha value is -1.76. The molecule has 0 aromatic heterocycles. The number of rotatable bonds is 3. The zero-order valence-corrected chi connectivity index (χ0v) is 9.40. The van der Waals surface area contributed by atoms with E-state index in [-0.39, 0.29) is 5.75 Å². The molecule has 1 amide bonds. The van der Waals surface area contributed by atoms with E-state index in [2.05, 4.69) is 0 Å². The summed E-state index contributed by atoms with van der Waals surface area (Å²) in [5.74, 6) is -2.13. The molecule has 100 valence electrons. The average molecular weight is 263 g/mol. The highest BCUT2D eigenvalue weighted by Crippen LogP contribution is 2.21. The van der Waals surface area contributed by atoms with Crippen LogP contribution in [0.5, 0.6) is 5.75 Å². The summed E-state index contributed by atoms with van der Waals surface area (Å²) in [6.45, 7) is 1.25. The summed E-state index contributed by atoms with van der Waals surface area (Å²) in [6.07, 6.45) is -6.28. The minimum absolute atomic E-state index is 0.0297. The summed E-state index contributed by atoms with van der Waals surface area (Å²) in [4.78, 5) is 10.7. The first-order valence-electron chi connectivity index (χ1n) is 5.06. The number of carbonyl (C=O) groups excluding carboxylic acids is 1. The molecular weight excluding hydrogens is 251 g/mol. The topological polar surface area (TPSA) is 69.6 Å². The molecule has 1 rings (SSSR count). The molecule has 1 aromatic rings. The quantitative estimate of drug-likeness (QED) is 0.774. The van der Waals surface area contributed by atoms with E-state index in [1.165, 1.54) is 31.2 Å². The van der Waals surface area contributed by atoms with Crippen LogP contribution in [0, 0.1) is 0 Å². The van der Waals surface area contributed by atoms with Gasteiger partial charge >= 0.3 is 12.1 Å². The first-order valence-corrected chi connectivity index (χ1v) is 5.06. The Kier molecular flexibility index (Phi) is 4.18. The number of hydrogen-bond donors (Lipinski definition) is 3. The molecule has 7 heteroatoms. The molecule has 0 bridgehead atoms. The van der Waals surface area contributed by atoms with Gasteiger partial charge in [-0.2, -0.15) is 13.2 Å². The lowest BCUT2D eigenvalue weighted by Crippen LogP contribution is -2.44. The van der Waals surface area contributed by atoms with Gasteiger partial charge in [0, 0.05) is 0 Å². The lowest BCUT2D eigenvalue weighted by atomic mass is 10.0. The van der Waals surface area contributed by atoms with Crippen LogP contribution in [0.15, 0.2) is 24.3 Å². The van der Waals surface area contributed by atoms with Gasteiger partial charge in [0.25, 0.3) is 0 Å². The Bertz CT molecular complexity index is 417. The molecule has 0 saturated carbocycles. The first kappa shape index (κ1) is 14.3. The van der Waals surface area contributed by atoms with Gasteiger partial charge in [-0.05, 0) is 24.6 Å². The molecular formula is C11H12F3NO3. The molecule has 0 radical (unpaired) electrons. The number of benzene rings is 1. The SMILES string of the molecule is C[C@H](NC(=O)C(F)(F)F)[C@H](O)c1ccc(O)cc1. The highest BCUT2D eigenvalue weighted by atomic mass is 19.4. The van der Waals surface area contributed by atoms with Gasteiger partial charge in [-0.1, -0.05) is 12.1 Å². The summed E-state index contributed by atoms with van der Waals surface area (Å²) in [7, 11) is 0. The maximum absolute atomic E-state index is 12.0. The molecule has 2 atom stereocenters. The third-order valence-electron chi connectivity index (χ3n) is 2.32. The highest BCUT2D eigenvalue weighted by molar-refractivity contribution is 5.81. The van der Waals surface area contributed by atoms with Crippen LogP contribution in [0.1, 0.15) is 18.6 Å². The van der Waals surface area contributed by atoms with E-state index in [1.54, 1.807) is 5.32 Å². The van der Waals surface area contributed by atoms with Crippen LogP contribution in [-0.2, 0) is 4.79 Å². The summed E-state index contributed by atoms with van der Waals surface area (Å²) in [6, 6.07) is 4.18. The monoisotopic (exact) mass is 263 g/mol. The van der Waals surface area contributed by atoms with Crippen molar-refractivity contribution in [2.75, 3.05) is 0 Å². The Morgan fingerprint density at radius 2 is 1.78 bits per heavy atom. The van der Waals surface area contributed by atoms with Gasteiger partial charge in [0.2, 0.25) is 0 Å². The van der Waals surface area contributed by atoms with Gasteiger partial charge in [0.1, 0.15) is 5.75 Å². The third-order valence-corrected chi connectivity index (χ3v) is 2.32. The number of nitrogens with one attached hydrogen (secondary N) is 1. The predicted octanol–water partition coefficient (Wildman–Crippen LogP) is 1.49. The highest BCUT2D eigenvalue weighted by Gasteiger charge is 2.40. The number of halogens is 3. The van der Waals surface area contributed by atoms with E-state index in [9.17, 15) is 23.1 Å². The second-order valence-corrected chi connectivity index (χ2v) is 3.80. The van der Waals surface area contributed by atoms with Crippen molar-refractivity contribution in [2.24, 2.45) is 0 Å². The fourth-order valence-corrected chi connectivity index (χ4v) is 1.33. The number of phenols is 1. The summed E-state index contributed by atoms with van der Waals surface area (Å²) < 4.78 is 36.0. The second-order valence-electron chi connectivity index (χ2n) is 3.80. The summed E-state index contributed by atoms with van der Waals surface area (Å²) >= 11 is 0. The van der Waals surface area contributed by atoms with Crippen molar-refractivity contribution in [1.82, 2.24) is 5.32 Å². The van der Waals surface area contributed by atoms with Gasteiger partial charge in [0.15, 0.2) is 0 Å². The Morgan fingerprint density at radius 3 is 2.22 bits per heavy atom. The van der Waals surface area contributed by atoms with Crippen LogP contribution in [0.2, 0.25) is 0 Å². The van der Waals surface area contributed by atoms with Gasteiger partial charge in [-0.25, -0.2) is 0 Å². The minimum Gasteiger partial charge on any atom is -0.508 e. The second kappa shape index (κ2) is 5.26. The molecule has 0 aliphatic rings. The average Bonchev–Trinajstić information content (AvgIpc) is 2.27. The van der Waals surface area contributed by atoms with Crippen molar-refractivity contribution in [3.63, 3.8) is 0 Å². The maximum Gasteiger partial charge on any atom is 0.471 e. The van der Waals surface area contributed by atoms with E-state index in [4.69, 9.17) is 5.11 Å². The molecule has 4 nitrogen and oxygen atoms in total. The lowest BCUT2D eigenvalue weighted by Gasteiger charge is -2.21. The number of aliphatic hydroxyl groups is 1. The van der Waals surface area contributed by atoms with Crippen LogP contribution >= 0.6 is 0 Å². The molecule has 3 N–H and O–H groups in total. The van der Waals surface area contributed by atoms with E-state index >= 15 is 0 Å². The largest absolute Gasteiger partial charge is 0.508 e. The van der Waals surface area contributed by atoms with Crippen LogP contribution in [-0.4, -0.2) is 28.3 Å². The smallest absolute Gasteiger partial charge is 0.471 e. The van der Waals surface area contributed by atoms with E-state index < -0.39 is 24.2 Å². The molecule has 0 fully saturated rings. The molecule has 1 aromatic carbocycles. The van der Waals surface area contributed by atoms with E-state index in [0.29, 0.717) is 5.56 Å². The molecule has 0 spiro atoms. The molecule has 0 unspecified atom stereocenters. The molecule has 0 saturated heterocycles. The zero-order chi connectivity index (χ0) is 13.9. The summed E-state index contributed by atoms with van der Waals surface area (Å²) in [5.41, 5.74) is 0.294. The molecule has 18 heavy (non-hydrogen) atoms. The fraction of sp³-hybridized carbons (Fsp3) is 0.364.